The first-order valence-corrected chi connectivity index (χ1v) is 6.71. The quantitative estimate of drug-likeness (QED) is 0.609. The van der Waals surface area contributed by atoms with Crippen LogP contribution in [0.25, 0.3) is 0 Å². The highest BCUT2D eigenvalue weighted by molar-refractivity contribution is 9.11. The van der Waals surface area contributed by atoms with Gasteiger partial charge in [-0.2, -0.15) is 22.5 Å². The molecule has 2 nitrogen and oxygen atoms in total. The predicted octanol–water partition coefficient (Wildman–Crippen LogP) is 4.10. The summed E-state index contributed by atoms with van der Waals surface area (Å²) < 4.78 is 53.9. The minimum atomic E-state index is -1.66. The maximum Gasteiger partial charge on any atom is 0.253 e. The molecular formula is C11H7BrF4N2S. The standard InChI is InChI=1S/C11H7BrF4N2S/c1-18(3-5-2-6(12)19-4-5)9-7(13)10(15)17-11(16)8(9)14/h2,4H,3H2,1H3. The summed E-state index contributed by atoms with van der Waals surface area (Å²) in [6, 6.07) is 1.75. The topological polar surface area (TPSA) is 16.1 Å². The van der Waals surface area contributed by atoms with Gasteiger partial charge in [-0.15, -0.1) is 11.3 Å². The molecule has 0 aliphatic heterocycles. The lowest BCUT2D eigenvalue weighted by atomic mass is 10.2. The van der Waals surface area contributed by atoms with E-state index >= 15 is 0 Å². The van der Waals surface area contributed by atoms with Crippen LogP contribution in [0.2, 0.25) is 0 Å². The Hall–Kier alpha value is -1.15. The number of nitrogens with zero attached hydrogens (tertiary/aromatic N) is 2. The van der Waals surface area contributed by atoms with Crippen molar-refractivity contribution < 1.29 is 17.6 Å². The van der Waals surface area contributed by atoms with Gasteiger partial charge < -0.3 is 4.90 Å². The van der Waals surface area contributed by atoms with E-state index in [4.69, 9.17) is 0 Å². The van der Waals surface area contributed by atoms with E-state index in [-0.39, 0.29) is 6.54 Å². The lowest BCUT2D eigenvalue weighted by molar-refractivity contribution is 0.407. The molecular weight excluding hydrogens is 348 g/mol. The molecule has 2 aromatic heterocycles. The van der Waals surface area contributed by atoms with Gasteiger partial charge in [0.25, 0.3) is 11.9 Å². The second-order valence-electron chi connectivity index (χ2n) is 3.79. The van der Waals surface area contributed by atoms with Crippen LogP contribution in [0.3, 0.4) is 0 Å². The SMILES string of the molecule is CN(Cc1csc(Br)c1)c1c(F)c(F)nc(F)c1F. The summed E-state index contributed by atoms with van der Waals surface area (Å²) in [5, 5.41) is 1.77. The van der Waals surface area contributed by atoms with Crippen molar-refractivity contribution >= 4 is 33.0 Å². The van der Waals surface area contributed by atoms with Crippen LogP contribution in [-0.2, 0) is 6.54 Å². The van der Waals surface area contributed by atoms with Crippen molar-refractivity contribution in [2.45, 2.75) is 6.54 Å². The van der Waals surface area contributed by atoms with Gasteiger partial charge in [0, 0.05) is 13.6 Å². The molecule has 0 saturated heterocycles. The molecule has 2 heterocycles. The zero-order chi connectivity index (χ0) is 14.2. The predicted molar refractivity (Wildman–Crippen MR) is 68.2 cm³/mol. The summed E-state index contributed by atoms with van der Waals surface area (Å²) >= 11 is 4.65. The van der Waals surface area contributed by atoms with E-state index in [9.17, 15) is 17.6 Å². The summed E-state index contributed by atoms with van der Waals surface area (Å²) in [7, 11) is 1.34. The zero-order valence-electron chi connectivity index (χ0n) is 9.55. The Kier molecular flexibility index (Phi) is 4.10. The van der Waals surface area contributed by atoms with Gasteiger partial charge in [-0.1, -0.05) is 0 Å². The van der Waals surface area contributed by atoms with Crippen molar-refractivity contribution in [3.63, 3.8) is 0 Å². The molecule has 19 heavy (non-hydrogen) atoms. The molecule has 0 radical (unpaired) electrons. The van der Waals surface area contributed by atoms with Crippen LogP contribution in [0.1, 0.15) is 5.56 Å². The van der Waals surface area contributed by atoms with Crippen LogP contribution in [-0.4, -0.2) is 12.0 Å². The zero-order valence-corrected chi connectivity index (χ0v) is 12.0. The Morgan fingerprint density at radius 3 is 2.26 bits per heavy atom. The molecule has 0 aliphatic rings. The largest absolute Gasteiger partial charge is 0.365 e. The maximum absolute atomic E-state index is 13.5. The number of thiophene rings is 1. The van der Waals surface area contributed by atoms with Gasteiger partial charge in [0.2, 0.25) is 11.6 Å². The van der Waals surface area contributed by atoms with Crippen LogP contribution in [0.4, 0.5) is 23.2 Å². The number of pyridine rings is 1. The molecule has 0 bridgehead atoms. The molecule has 2 rings (SSSR count). The van der Waals surface area contributed by atoms with Gasteiger partial charge in [0.1, 0.15) is 5.69 Å². The number of halogens is 5. The summed E-state index contributed by atoms with van der Waals surface area (Å²) in [5.74, 6) is -6.33. The Morgan fingerprint density at radius 2 is 1.79 bits per heavy atom. The fraction of sp³-hybridized carbons (Fsp3) is 0.182. The number of rotatable bonds is 3. The van der Waals surface area contributed by atoms with Crippen molar-refractivity contribution in [2.75, 3.05) is 11.9 Å². The molecule has 0 unspecified atom stereocenters. The van der Waals surface area contributed by atoms with E-state index in [1.807, 2.05) is 0 Å². The molecule has 0 aliphatic carbocycles. The molecule has 0 aromatic carbocycles. The second-order valence-corrected chi connectivity index (χ2v) is 6.08. The third kappa shape index (κ3) is 2.89. The number of hydrogen-bond acceptors (Lipinski definition) is 3. The first kappa shape index (κ1) is 14.3. The van der Waals surface area contributed by atoms with Gasteiger partial charge in [-0.25, -0.2) is 0 Å². The molecule has 0 N–H and O–H groups in total. The minimum absolute atomic E-state index is 0.110. The minimum Gasteiger partial charge on any atom is -0.365 e. The average molecular weight is 355 g/mol. The van der Waals surface area contributed by atoms with Crippen LogP contribution in [0.15, 0.2) is 15.2 Å². The molecule has 0 fully saturated rings. The van der Waals surface area contributed by atoms with E-state index in [0.717, 1.165) is 14.2 Å². The summed E-state index contributed by atoms with van der Waals surface area (Å²) in [4.78, 5) is 3.60. The third-order valence-corrected chi connectivity index (χ3v) is 3.95. The fourth-order valence-corrected chi connectivity index (χ4v) is 2.79. The Bertz CT molecular complexity index is 591. The second kappa shape index (κ2) is 5.46. The van der Waals surface area contributed by atoms with Crippen LogP contribution in [0, 0.1) is 23.5 Å². The van der Waals surface area contributed by atoms with E-state index in [0.29, 0.717) is 0 Å². The van der Waals surface area contributed by atoms with Crippen molar-refractivity contribution in [1.82, 2.24) is 4.98 Å². The molecule has 0 amide bonds. The first-order chi connectivity index (χ1) is 8.90. The lowest BCUT2D eigenvalue weighted by Crippen LogP contribution is -2.21. The van der Waals surface area contributed by atoms with E-state index in [1.165, 1.54) is 18.4 Å². The van der Waals surface area contributed by atoms with E-state index < -0.39 is 29.2 Å². The lowest BCUT2D eigenvalue weighted by Gasteiger charge is -2.20. The van der Waals surface area contributed by atoms with Crippen LogP contribution < -0.4 is 4.90 Å². The molecule has 0 spiro atoms. The highest BCUT2D eigenvalue weighted by Crippen LogP contribution is 2.28. The third-order valence-electron chi connectivity index (χ3n) is 2.40. The van der Waals surface area contributed by atoms with Gasteiger partial charge in [-0.3, -0.25) is 0 Å². The fourth-order valence-electron chi connectivity index (χ4n) is 1.59. The highest BCUT2D eigenvalue weighted by atomic mass is 79.9. The van der Waals surface area contributed by atoms with Crippen molar-refractivity contribution in [3.05, 3.63) is 44.3 Å². The number of aromatic nitrogens is 1. The first-order valence-electron chi connectivity index (χ1n) is 5.04. The monoisotopic (exact) mass is 354 g/mol. The molecule has 102 valence electrons. The van der Waals surface area contributed by atoms with Crippen molar-refractivity contribution in [3.8, 4) is 0 Å². The van der Waals surface area contributed by atoms with E-state index in [1.54, 1.807) is 11.4 Å². The summed E-state index contributed by atoms with van der Waals surface area (Å²) in [6.45, 7) is 0.110. The Labute approximate surface area is 118 Å². The number of hydrogen-bond donors (Lipinski definition) is 0. The maximum atomic E-state index is 13.5. The smallest absolute Gasteiger partial charge is 0.253 e. The van der Waals surface area contributed by atoms with Crippen molar-refractivity contribution in [1.29, 1.82) is 0 Å². The van der Waals surface area contributed by atoms with Crippen molar-refractivity contribution in [2.24, 2.45) is 0 Å². The normalized spacial score (nSPS) is 10.8. The van der Waals surface area contributed by atoms with Gasteiger partial charge in [-0.05, 0) is 32.9 Å². The molecule has 0 atom stereocenters. The van der Waals surface area contributed by atoms with Crippen LogP contribution in [0.5, 0.6) is 0 Å². The number of anilines is 1. The van der Waals surface area contributed by atoms with Gasteiger partial charge >= 0.3 is 0 Å². The summed E-state index contributed by atoms with van der Waals surface area (Å²) in [5.41, 5.74) is -0.0110. The molecule has 2 aromatic rings. The van der Waals surface area contributed by atoms with E-state index in [2.05, 4.69) is 20.9 Å². The Balaban J connectivity index is 2.36. The Morgan fingerprint density at radius 1 is 1.21 bits per heavy atom. The molecule has 0 saturated carbocycles. The van der Waals surface area contributed by atoms with Gasteiger partial charge in [0.05, 0.1) is 3.79 Å². The van der Waals surface area contributed by atoms with Gasteiger partial charge in [0.15, 0.2) is 0 Å². The average Bonchev–Trinajstić information content (AvgIpc) is 2.72. The summed E-state index contributed by atoms with van der Waals surface area (Å²) in [6.07, 6.45) is 0. The van der Waals surface area contributed by atoms with Crippen LogP contribution >= 0.6 is 27.3 Å². The molecule has 8 heteroatoms. The highest BCUT2D eigenvalue weighted by Gasteiger charge is 2.23.